The van der Waals surface area contributed by atoms with Crippen LogP contribution in [0.3, 0.4) is 0 Å². The number of allylic oxidation sites excluding steroid dienone is 1. The van der Waals surface area contributed by atoms with Crippen molar-refractivity contribution in [1.29, 1.82) is 0 Å². The van der Waals surface area contributed by atoms with Crippen LogP contribution in [-0.2, 0) is 0 Å². The molecule has 2 aromatic rings. The predicted octanol–water partition coefficient (Wildman–Crippen LogP) is 4.02. The van der Waals surface area contributed by atoms with Gasteiger partial charge in [0, 0.05) is 12.1 Å². The second kappa shape index (κ2) is 6.53. The lowest BCUT2D eigenvalue weighted by Crippen LogP contribution is -1.98. The minimum Gasteiger partial charge on any atom is -0.513 e. The van der Waals surface area contributed by atoms with Gasteiger partial charge >= 0.3 is 0 Å². The fourth-order valence-electron chi connectivity index (χ4n) is 1.42. The third-order valence-electron chi connectivity index (χ3n) is 2.43. The highest BCUT2D eigenvalue weighted by Crippen LogP contribution is 2.20. The molecule has 0 aliphatic heterocycles. The lowest BCUT2D eigenvalue weighted by molar-refractivity contribution is -0.384. The van der Waals surface area contributed by atoms with Gasteiger partial charge in [0.05, 0.1) is 15.5 Å². The largest absolute Gasteiger partial charge is 0.513 e. The van der Waals surface area contributed by atoms with Crippen LogP contribution in [0.25, 0.3) is 0 Å². The summed E-state index contributed by atoms with van der Waals surface area (Å²) in [6, 6.07) is 8.66. The molecule has 0 radical (unpaired) electrons. The van der Waals surface area contributed by atoms with Crippen LogP contribution in [0.15, 0.2) is 64.0 Å². The molecule has 0 saturated heterocycles. The van der Waals surface area contributed by atoms with Crippen LogP contribution in [0.5, 0.6) is 0 Å². The number of aliphatic hydroxyl groups excluding tert-OH is 1. The maximum atomic E-state index is 11.9. The number of nitrogens with zero attached hydrogens (tertiary/aromatic N) is 3. The Hall–Kier alpha value is -2.87. The van der Waals surface area contributed by atoms with Crippen molar-refractivity contribution in [2.45, 2.75) is 0 Å². The van der Waals surface area contributed by atoms with Crippen molar-refractivity contribution in [3.8, 4) is 0 Å². The van der Waals surface area contributed by atoms with Crippen LogP contribution in [0.1, 0.15) is 9.67 Å². The summed E-state index contributed by atoms with van der Waals surface area (Å²) in [5, 5.41) is 28.7. The van der Waals surface area contributed by atoms with Crippen LogP contribution in [0, 0.1) is 10.1 Å². The van der Waals surface area contributed by atoms with Crippen molar-refractivity contribution in [1.82, 2.24) is 0 Å². The summed E-state index contributed by atoms with van der Waals surface area (Å²) in [5.74, 6) is -0.446. The Kier molecular flexibility index (Phi) is 4.52. The van der Waals surface area contributed by atoms with E-state index in [0.717, 1.165) is 0 Å². The van der Waals surface area contributed by atoms with Gasteiger partial charge in [0.15, 0.2) is 5.70 Å². The summed E-state index contributed by atoms with van der Waals surface area (Å²) in [6.45, 7) is 0. The smallest absolute Gasteiger partial charge is 0.269 e. The summed E-state index contributed by atoms with van der Waals surface area (Å²) in [7, 11) is 0. The number of carbonyl (C=O) groups is 1. The number of benzene rings is 1. The zero-order valence-electron chi connectivity index (χ0n) is 10.5. The number of nitro groups is 1. The Balaban J connectivity index is 2.15. The van der Waals surface area contributed by atoms with E-state index in [-0.39, 0.29) is 11.4 Å². The average molecular weight is 303 g/mol. The monoisotopic (exact) mass is 303 g/mol. The third-order valence-corrected chi connectivity index (χ3v) is 3.30. The Bertz CT molecular complexity index is 706. The maximum Gasteiger partial charge on any atom is 0.269 e. The van der Waals surface area contributed by atoms with E-state index in [4.69, 9.17) is 5.11 Å². The molecule has 1 heterocycles. The van der Waals surface area contributed by atoms with E-state index in [9.17, 15) is 14.9 Å². The van der Waals surface area contributed by atoms with Crippen molar-refractivity contribution in [2.75, 3.05) is 0 Å². The zero-order chi connectivity index (χ0) is 15.2. The summed E-state index contributed by atoms with van der Waals surface area (Å²) in [4.78, 5) is 22.4. The molecule has 0 amide bonds. The fourth-order valence-corrected chi connectivity index (χ4v) is 2.09. The highest BCUT2D eigenvalue weighted by Gasteiger charge is 2.13. The first-order valence-corrected chi connectivity index (χ1v) is 6.58. The average Bonchev–Trinajstić information content (AvgIpc) is 3.02. The van der Waals surface area contributed by atoms with Crippen molar-refractivity contribution in [3.05, 3.63) is 68.7 Å². The number of thiophene rings is 1. The van der Waals surface area contributed by atoms with E-state index in [1.54, 1.807) is 17.5 Å². The second-order valence-electron chi connectivity index (χ2n) is 3.79. The van der Waals surface area contributed by atoms with Gasteiger partial charge in [0.25, 0.3) is 5.69 Å². The topological polar surface area (TPSA) is 105 Å². The summed E-state index contributed by atoms with van der Waals surface area (Å²) in [6.07, 6.45) is 0.580. The van der Waals surface area contributed by atoms with Gasteiger partial charge in [-0.05, 0) is 23.6 Å². The number of aliphatic hydroxyl groups is 1. The summed E-state index contributed by atoms with van der Waals surface area (Å²) in [5.41, 5.74) is 0.0521. The molecule has 7 nitrogen and oxygen atoms in total. The van der Waals surface area contributed by atoms with E-state index in [2.05, 4.69) is 10.2 Å². The Morgan fingerprint density at radius 3 is 2.52 bits per heavy atom. The molecule has 0 saturated carbocycles. The number of carbonyl (C=O) groups excluding carboxylic acids is 1. The van der Waals surface area contributed by atoms with Crippen molar-refractivity contribution in [3.63, 3.8) is 0 Å². The number of non-ortho nitro benzene ring substituents is 1. The highest BCUT2D eigenvalue weighted by atomic mass is 32.1. The Morgan fingerprint density at radius 1 is 1.29 bits per heavy atom. The van der Waals surface area contributed by atoms with Gasteiger partial charge in [-0.15, -0.1) is 16.5 Å². The Morgan fingerprint density at radius 2 is 2.00 bits per heavy atom. The van der Waals surface area contributed by atoms with Gasteiger partial charge < -0.3 is 5.11 Å². The molecular formula is C13H9N3O4S. The second-order valence-corrected chi connectivity index (χ2v) is 4.74. The van der Waals surface area contributed by atoms with E-state index >= 15 is 0 Å². The molecule has 0 unspecified atom stereocenters. The molecule has 1 N–H and O–H groups in total. The van der Waals surface area contributed by atoms with Crippen LogP contribution >= 0.6 is 11.3 Å². The minimum atomic E-state index is -0.527. The quantitative estimate of drug-likeness (QED) is 0.225. The van der Waals surface area contributed by atoms with Gasteiger partial charge in [-0.2, -0.15) is 5.11 Å². The van der Waals surface area contributed by atoms with E-state index < -0.39 is 10.7 Å². The van der Waals surface area contributed by atoms with Gasteiger partial charge in [-0.3, -0.25) is 14.9 Å². The number of hydrogen-bond acceptors (Lipinski definition) is 7. The van der Waals surface area contributed by atoms with Crippen LogP contribution in [0.4, 0.5) is 11.4 Å². The Labute approximate surface area is 123 Å². The molecule has 1 aromatic carbocycles. The number of Topliss-reactive ketones (excluding diaryl/α,β-unsaturated/α-hetero) is 1. The lowest BCUT2D eigenvalue weighted by Gasteiger charge is -1.96. The molecule has 2 rings (SSSR count). The number of nitro benzene ring substituents is 1. The molecular weight excluding hydrogens is 294 g/mol. The molecule has 0 atom stereocenters. The molecule has 21 heavy (non-hydrogen) atoms. The van der Waals surface area contributed by atoms with Crippen molar-refractivity contribution < 1.29 is 14.8 Å². The molecule has 0 aliphatic rings. The van der Waals surface area contributed by atoms with Crippen LogP contribution in [-0.4, -0.2) is 15.8 Å². The van der Waals surface area contributed by atoms with Gasteiger partial charge in [0.2, 0.25) is 5.78 Å². The first-order valence-electron chi connectivity index (χ1n) is 5.70. The maximum absolute atomic E-state index is 11.9. The van der Waals surface area contributed by atoms with Gasteiger partial charge in [-0.25, -0.2) is 0 Å². The molecule has 0 bridgehead atoms. The number of rotatable bonds is 5. The number of hydrogen-bond donors (Lipinski definition) is 1. The van der Waals surface area contributed by atoms with Crippen LogP contribution in [0.2, 0.25) is 0 Å². The third kappa shape index (κ3) is 3.57. The van der Waals surface area contributed by atoms with Crippen molar-refractivity contribution >= 4 is 28.5 Å². The molecule has 1 aromatic heterocycles. The normalized spacial score (nSPS) is 11.7. The molecule has 106 valence electrons. The molecule has 0 fully saturated rings. The van der Waals surface area contributed by atoms with Gasteiger partial charge in [-0.1, -0.05) is 6.07 Å². The predicted molar refractivity (Wildman–Crippen MR) is 77.0 cm³/mol. The minimum absolute atomic E-state index is 0.0680. The summed E-state index contributed by atoms with van der Waals surface area (Å²) >= 11 is 1.22. The zero-order valence-corrected chi connectivity index (χ0v) is 11.4. The molecule has 0 spiro atoms. The highest BCUT2D eigenvalue weighted by molar-refractivity contribution is 7.12. The van der Waals surface area contributed by atoms with E-state index in [1.807, 2.05) is 0 Å². The SMILES string of the molecule is O=C(/C(=C/O)N=Nc1ccc([N+](=O)[O-])cc1)c1cccs1. The van der Waals surface area contributed by atoms with Crippen LogP contribution < -0.4 is 0 Å². The standard InChI is InChI=1S/C13H9N3O4S/c17-8-11(13(18)12-2-1-7-21-12)15-14-9-3-5-10(6-4-9)16(19)20/h1-8,17H/b11-8-,15-14?. The first-order chi connectivity index (χ1) is 10.1. The summed E-state index contributed by atoms with van der Waals surface area (Å²) < 4.78 is 0. The van der Waals surface area contributed by atoms with Gasteiger partial charge in [0.1, 0.15) is 6.26 Å². The molecule has 0 aliphatic carbocycles. The molecule has 8 heteroatoms. The number of azo groups is 1. The van der Waals surface area contributed by atoms with Crippen molar-refractivity contribution in [2.24, 2.45) is 10.2 Å². The number of ketones is 1. The van der Waals surface area contributed by atoms with E-state index in [0.29, 0.717) is 16.8 Å². The van der Waals surface area contributed by atoms with E-state index in [1.165, 1.54) is 35.6 Å². The first kappa shape index (κ1) is 14.5. The lowest BCUT2D eigenvalue weighted by atomic mass is 10.2. The fraction of sp³-hybridized carbons (Fsp3) is 0.